The van der Waals surface area contributed by atoms with E-state index in [9.17, 15) is 9.59 Å². The van der Waals surface area contributed by atoms with Crippen molar-refractivity contribution in [1.82, 2.24) is 14.7 Å². The third-order valence-electron chi connectivity index (χ3n) is 4.41. The predicted octanol–water partition coefficient (Wildman–Crippen LogP) is 1.27. The van der Waals surface area contributed by atoms with Gasteiger partial charge in [-0.3, -0.25) is 14.0 Å². The molecule has 0 bridgehead atoms. The summed E-state index contributed by atoms with van der Waals surface area (Å²) in [6.07, 6.45) is 4.75. The number of nitrogens with zero attached hydrogens (tertiary/aromatic N) is 3. The number of rotatable bonds is 5. The van der Waals surface area contributed by atoms with Gasteiger partial charge >= 0.3 is 0 Å². The minimum Gasteiger partial charge on any atom is -0.466 e. The molecule has 4 aromatic heterocycles. The Kier molecular flexibility index (Phi) is 4.36. The average molecular weight is 376 g/mol. The lowest BCUT2D eigenvalue weighted by molar-refractivity contribution is -0.651. The molecule has 4 rings (SSSR count). The lowest BCUT2D eigenvalue weighted by atomic mass is 10.1. The van der Waals surface area contributed by atoms with Gasteiger partial charge in [0.1, 0.15) is 23.3 Å². The molecule has 0 unspecified atom stereocenters. The summed E-state index contributed by atoms with van der Waals surface area (Å²) in [6, 6.07) is 10.3. The highest BCUT2D eigenvalue weighted by molar-refractivity contribution is 6.00. The fourth-order valence-corrected chi connectivity index (χ4v) is 3.06. The molecule has 8 nitrogen and oxygen atoms in total. The maximum atomic E-state index is 13.0. The highest BCUT2D eigenvalue weighted by Crippen LogP contribution is 2.15. The molecule has 4 aromatic rings. The zero-order valence-corrected chi connectivity index (χ0v) is 15.0. The summed E-state index contributed by atoms with van der Waals surface area (Å²) >= 11 is 0. The zero-order valence-electron chi connectivity index (χ0n) is 15.0. The van der Waals surface area contributed by atoms with Crippen LogP contribution < -0.4 is 21.2 Å². The second-order valence-electron chi connectivity index (χ2n) is 6.19. The monoisotopic (exact) mass is 376 g/mol. The van der Waals surface area contributed by atoms with Crippen LogP contribution in [-0.4, -0.2) is 21.8 Å². The van der Waals surface area contributed by atoms with Crippen molar-refractivity contribution in [3.63, 3.8) is 0 Å². The van der Waals surface area contributed by atoms with Gasteiger partial charge < -0.3 is 15.5 Å². The molecule has 140 valence electrons. The number of furan rings is 1. The number of hydrogen-bond acceptors (Lipinski definition) is 5. The molecule has 8 heteroatoms. The molecule has 0 atom stereocenters. The molecule has 0 fully saturated rings. The summed E-state index contributed by atoms with van der Waals surface area (Å²) in [4.78, 5) is 30.2. The summed E-state index contributed by atoms with van der Waals surface area (Å²) in [5, 5.41) is 2.98. The molecule has 0 aliphatic carbocycles. The minimum absolute atomic E-state index is 0.190. The van der Waals surface area contributed by atoms with E-state index in [0.717, 1.165) is 0 Å². The molecule has 4 heterocycles. The Labute approximate surface area is 159 Å². The van der Waals surface area contributed by atoms with Gasteiger partial charge in [0.15, 0.2) is 0 Å². The Hall–Kier alpha value is -3.94. The number of nitrogens with two attached hydrogens (primary N) is 1. The third kappa shape index (κ3) is 2.90. The normalized spacial score (nSPS) is 11.0. The number of carbonyl (C=O) groups excluding carboxylic acids is 1. The minimum atomic E-state index is -0.398. The van der Waals surface area contributed by atoms with Gasteiger partial charge in [-0.2, -0.15) is 0 Å². The fraction of sp³-hybridized carbons (Fsp3) is 0.100. The molecular weight excluding hydrogens is 358 g/mol. The number of hydrogen-bond donors (Lipinski definition) is 2. The van der Waals surface area contributed by atoms with E-state index in [4.69, 9.17) is 10.2 Å². The lowest BCUT2D eigenvalue weighted by Crippen LogP contribution is -2.43. The van der Waals surface area contributed by atoms with Crippen LogP contribution in [0.4, 0.5) is 5.82 Å². The lowest BCUT2D eigenvalue weighted by Gasteiger charge is -2.11. The van der Waals surface area contributed by atoms with Crippen molar-refractivity contribution in [1.29, 1.82) is 0 Å². The Morgan fingerprint density at radius 3 is 2.96 bits per heavy atom. The molecule has 0 radical (unpaired) electrons. The number of pyridine rings is 2. The number of anilines is 1. The van der Waals surface area contributed by atoms with Gasteiger partial charge in [-0.1, -0.05) is 17.1 Å². The fourth-order valence-electron chi connectivity index (χ4n) is 3.06. The average Bonchev–Trinajstić information content (AvgIpc) is 3.22. The molecule has 0 spiro atoms. The van der Waals surface area contributed by atoms with Crippen LogP contribution in [0.15, 0.2) is 70.7 Å². The molecule has 0 aromatic carbocycles. The van der Waals surface area contributed by atoms with E-state index in [0.29, 0.717) is 17.1 Å². The summed E-state index contributed by atoms with van der Waals surface area (Å²) in [5.74, 6) is 0.416. The quantitative estimate of drug-likeness (QED) is 0.310. The van der Waals surface area contributed by atoms with Crippen molar-refractivity contribution in [3.8, 4) is 0 Å². The van der Waals surface area contributed by atoms with E-state index in [1.54, 1.807) is 53.4 Å². The summed E-state index contributed by atoms with van der Waals surface area (Å²) in [6.45, 7) is 4.10. The van der Waals surface area contributed by atoms with Crippen molar-refractivity contribution < 1.29 is 13.8 Å². The van der Waals surface area contributed by atoms with Crippen LogP contribution in [0.1, 0.15) is 16.1 Å². The van der Waals surface area contributed by atoms with E-state index < -0.39 is 5.91 Å². The van der Waals surface area contributed by atoms with Gasteiger partial charge in [-0.05, 0) is 30.3 Å². The van der Waals surface area contributed by atoms with Crippen LogP contribution in [0.25, 0.3) is 16.7 Å². The number of nitrogens with one attached hydrogen (secondary N) is 1. The van der Waals surface area contributed by atoms with Crippen molar-refractivity contribution >= 4 is 28.4 Å². The Morgan fingerprint density at radius 1 is 1.36 bits per heavy atom. The SMILES string of the molecule is C=CCNC(=O)c1cc2c(=O)n3ccccc3nc2[n+](Cc2ccco2)c1N. The second kappa shape index (κ2) is 6.99. The van der Waals surface area contributed by atoms with Gasteiger partial charge in [0.05, 0.1) is 6.26 Å². The molecule has 0 saturated carbocycles. The van der Waals surface area contributed by atoms with Crippen molar-refractivity contribution in [2.24, 2.45) is 0 Å². The molecule has 0 aliphatic heterocycles. The van der Waals surface area contributed by atoms with E-state index in [1.807, 2.05) is 0 Å². The first kappa shape index (κ1) is 17.5. The number of fused-ring (bicyclic) bond motifs is 2. The summed E-state index contributed by atoms with van der Waals surface area (Å²) in [5.41, 5.74) is 7.09. The Balaban J connectivity index is 2.03. The van der Waals surface area contributed by atoms with E-state index in [2.05, 4.69) is 16.9 Å². The van der Waals surface area contributed by atoms with E-state index in [1.165, 1.54) is 10.5 Å². The number of amides is 1. The topological polar surface area (TPSA) is 107 Å². The largest absolute Gasteiger partial charge is 0.466 e. The number of aromatic nitrogens is 3. The highest BCUT2D eigenvalue weighted by atomic mass is 16.3. The van der Waals surface area contributed by atoms with Gasteiger partial charge in [0, 0.05) is 12.7 Å². The Bertz CT molecular complexity index is 1260. The van der Waals surface area contributed by atoms with Crippen LogP contribution in [0.3, 0.4) is 0 Å². The van der Waals surface area contributed by atoms with Crippen LogP contribution in [0.2, 0.25) is 0 Å². The smallest absolute Gasteiger partial charge is 0.278 e. The zero-order chi connectivity index (χ0) is 19.7. The van der Waals surface area contributed by atoms with E-state index >= 15 is 0 Å². The standard InChI is InChI=1S/C20H17N5O3/c1-2-8-22-19(26)14-11-15-18(23-16-7-3-4-9-24(16)20(15)27)25(17(14)21)12-13-6-5-10-28-13/h2-7,9-11,21H,1,8,12H2,(H,22,26)/p+1. The maximum absolute atomic E-state index is 13.0. The molecule has 0 aliphatic rings. The van der Waals surface area contributed by atoms with Crippen LogP contribution in [-0.2, 0) is 6.54 Å². The molecule has 1 amide bonds. The Morgan fingerprint density at radius 2 is 2.21 bits per heavy atom. The number of carbonyl (C=O) groups is 1. The summed E-state index contributed by atoms with van der Waals surface area (Å²) < 4.78 is 8.47. The summed E-state index contributed by atoms with van der Waals surface area (Å²) in [7, 11) is 0. The molecule has 3 N–H and O–H groups in total. The van der Waals surface area contributed by atoms with Gasteiger partial charge in [0.25, 0.3) is 17.1 Å². The first-order chi connectivity index (χ1) is 13.6. The predicted molar refractivity (Wildman–Crippen MR) is 104 cm³/mol. The third-order valence-corrected chi connectivity index (χ3v) is 4.41. The van der Waals surface area contributed by atoms with Gasteiger partial charge in [0.2, 0.25) is 11.5 Å². The van der Waals surface area contributed by atoms with Crippen molar-refractivity contribution in [2.75, 3.05) is 12.3 Å². The van der Waals surface area contributed by atoms with Gasteiger partial charge in [-0.25, -0.2) is 4.57 Å². The molecule has 28 heavy (non-hydrogen) atoms. The number of nitrogen functional groups attached to an aromatic ring is 1. The second-order valence-corrected chi connectivity index (χ2v) is 6.19. The first-order valence-electron chi connectivity index (χ1n) is 8.65. The van der Waals surface area contributed by atoms with Crippen molar-refractivity contribution in [3.05, 3.63) is 83.2 Å². The van der Waals surface area contributed by atoms with Crippen LogP contribution in [0.5, 0.6) is 0 Å². The van der Waals surface area contributed by atoms with Gasteiger partial charge in [-0.15, -0.1) is 6.58 Å². The van der Waals surface area contributed by atoms with E-state index in [-0.39, 0.29) is 35.4 Å². The molecule has 0 saturated heterocycles. The maximum Gasteiger partial charge on any atom is 0.278 e. The van der Waals surface area contributed by atoms with Crippen molar-refractivity contribution in [2.45, 2.75) is 6.54 Å². The molecular formula is C20H18N5O3+. The van der Waals surface area contributed by atoms with Crippen LogP contribution in [0, 0.1) is 0 Å². The first-order valence-corrected chi connectivity index (χ1v) is 8.65. The highest BCUT2D eigenvalue weighted by Gasteiger charge is 2.24. The van der Waals surface area contributed by atoms with Crippen LogP contribution >= 0.6 is 0 Å².